The largest absolute Gasteiger partial charge is 0.310 e. The van der Waals surface area contributed by atoms with Crippen molar-refractivity contribution in [2.45, 2.75) is 51.3 Å². The van der Waals surface area contributed by atoms with Gasteiger partial charge in [0.05, 0.1) is 5.69 Å². The van der Waals surface area contributed by atoms with Crippen LogP contribution < -0.4 is 5.32 Å². The van der Waals surface area contributed by atoms with E-state index in [2.05, 4.69) is 63.3 Å². The molecule has 1 N–H and O–H groups in total. The highest BCUT2D eigenvalue weighted by Crippen LogP contribution is 2.31. The third-order valence-corrected chi connectivity index (χ3v) is 5.34. The molecule has 0 radical (unpaired) electrons. The summed E-state index contributed by atoms with van der Waals surface area (Å²) in [5, 5.41) is 5.39. The van der Waals surface area contributed by atoms with E-state index in [1.54, 1.807) is 0 Å². The molecule has 0 amide bonds. The summed E-state index contributed by atoms with van der Waals surface area (Å²) < 4.78 is 0. The molecule has 0 atom stereocenters. The molecule has 21 heavy (non-hydrogen) atoms. The van der Waals surface area contributed by atoms with Crippen LogP contribution >= 0.6 is 23.1 Å². The highest BCUT2D eigenvalue weighted by Gasteiger charge is 2.13. The highest BCUT2D eigenvalue weighted by atomic mass is 32.2. The second-order valence-corrected chi connectivity index (χ2v) is 8.37. The zero-order chi connectivity index (χ0) is 15.2. The van der Waals surface area contributed by atoms with Gasteiger partial charge in [-0.15, -0.1) is 11.3 Å². The quantitative estimate of drug-likeness (QED) is 0.781. The lowest BCUT2D eigenvalue weighted by Gasteiger charge is -2.07. The number of thioether (sulfide) groups is 1. The number of nitrogens with zero attached hydrogens (tertiary/aromatic N) is 1. The van der Waals surface area contributed by atoms with Gasteiger partial charge in [-0.1, -0.05) is 58.0 Å². The van der Waals surface area contributed by atoms with E-state index in [1.807, 2.05) is 23.1 Å². The lowest BCUT2D eigenvalue weighted by molar-refractivity contribution is 0.593. The summed E-state index contributed by atoms with van der Waals surface area (Å²) in [6.07, 6.45) is 0. The van der Waals surface area contributed by atoms with Gasteiger partial charge in [0.2, 0.25) is 0 Å². The predicted octanol–water partition coefficient (Wildman–Crippen LogP) is 4.95. The Kier molecular flexibility index (Phi) is 6.27. The van der Waals surface area contributed by atoms with Gasteiger partial charge >= 0.3 is 0 Å². The van der Waals surface area contributed by atoms with Crippen molar-refractivity contribution in [1.29, 1.82) is 0 Å². The van der Waals surface area contributed by atoms with Gasteiger partial charge in [-0.25, -0.2) is 4.98 Å². The van der Waals surface area contributed by atoms with Crippen molar-refractivity contribution in [3.63, 3.8) is 0 Å². The van der Waals surface area contributed by atoms with E-state index in [1.165, 1.54) is 15.4 Å². The number of rotatable bonds is 7. The van der Waals surface area contributed by atoms with E-state index >= 15 is 0 Å². The molecule has 0 fully saturated rings. The molecule has 4 heteroatoms. The van der Waals surface area contributed by atoms with E-state index in [9.17, 15) is 0 Å². The Hall–Kier alpha value is -0.840. The summed E-state index contributed by atoms with van der Waals surface area (Å²) >= 11 is 3.80. The third kappa shape index (κ3) is 5.13. The average molecular weight is 321 g/mol. The second kappa shape index (κ2) is 7.97. The SMILES string of the molecule is CC(C)NCc1sc(CSC(C)C)nc1-c1ccccc1. The first kappa shape index (κ1) is 16.5. The van der Waals surface area contributed by atoms with Gasteiger partial charge in [0.25, 0.3) is 0 Å². The summed E-state index contributed by atoms with van der Waals surface area (Å²) in [4.78, 5) is 6.23. The molecule has 0 spiro atoms. The van der Waals surface area contributed by atoms with Crippen LogP contribution in [0.5, 0.6) is 0 Å². The monoisotopic (exact) mass is 320 g/mol. The number of hydrogen-bond donors (Lipinski definition) is 1. The van der Waals surface area contributed by atoms with Gasteiger partial charge in [0.15, 0.2) is 0 Å². The Labute approximate surface area is 136 Å². The maximum Gasteiger partial charge on any atom is 0.103 e. The highest BCUT2D eigenvalue weighted by molar-refractivity contribution is 7.99. The van der Waals surface area contributed by atoms with Crippen LogP contribution in [-0.2, 0) is 12.3 Å². The van der Waals surface area contributed by atoms with Crippen LogP contribution in [0.25, 0.3) is 11.3 Å². The van der Waals surface area contributed by atoms with Crippen molar-refractivity contribution >= 4 is 23.1 Å². The topological polar surface area (TPSA) is 24.9 Å². The molecule has 2 aromatic rings. The van der Waals surface area contributed by atoms with Crippen molar-refractivity contribution < 1.29 is 0 Å². The zero-order valence-electron chi connectivity index (χ0n) is 13.2. The van der Waals surface area contributed by atoms with Crippen LogP contribution in [0.2, 0.25) is 0 Å². The molecular formula is C17H24N2S2. The number of nitrogens with one attached hydrogen (secondary N) is 1. The predicted molar refractivity (Wildman–Crippen MR) is 96.0 cm³/mol. The van der Waals surface area contributed by atoms with E-state index in [4.69, 9.17) is 4.98 Å². The lowest BCUT2D eigenvalue weighted by Crippen LogP contribution is -2.21. The van der Waals surface area contributed by atoms with E-state index in [0.717, 1.165) is 18.0 Å². The number of thiazole rings is 1. The van der Waals surface area contributed by atoms with Crippen LogP contribution in [0.3, 0.4) is 0 Å². The lowest BCUT2D eigenvalue weighted by atomic mass is 10.1. The Morgan fingerprint density at radius 2 is 1.86 bits per heavy atom. The minimum absolute atomic E-state index is 0.490. The van der Waals surface area contributed by atoms with Gasteiger partial charge < -0.3 is 5.32 Å². The minimum Gasteiger partial charge on any atom is -0.310 e. The van der Waals surface area contributed by atoms with Crippen LogP contribution in [0, 0.1) is 0 Å². The maximum atomic E-state index is 4.89. The van der Waals surface area contributed by atoms with Crippen LogP contribution in [0.1, 0.15) is 37.6 Å². The molecule has 0 saturated heterocycles. The van der Waals surface area contributed by atoms with Gasteiger partial charge in [-0.3, -0.25) is 0 Å². The van der Waals surface area contributed by atoms with Gasteiger partial charge in [-0.05, 0) is 5.25 Å². The molecule has 114 valence electrons. The van der Waals surface area contributed by atoms with Gasteiger partial charge in [0, 0.05) is 28.8 Å². The van der Waals surface area contributed by atoms with Crippen molar-refractivity contribution in [2.75, 3.05) is 0 Å². The standard InChI is InChI=1S/C17H24N2S2/c1-12(2)18-10-15-17(14-8-6-5-7-9-14)19-16(21-15)11-20-13(3)4/h5-9,12-13,18H,10-11H2,1-4H3. The molecular weight excluding hydrogens is 296 g/mol. The van der Waals surface area contributed by atoms with Crippen molar-refractivity contribution in [3.8, 4) is 11.3 Å². The van der Waals surface area contributed by atoms with Crippen molar-refractivity contribution in [2.24, 2.45) is 0 Å². The molecule has 1 aromatic carbocycles. The molecule has 0 bridgehead atoms. The number of benzene rings is 1. The third-order valence-electron chi connectivity index (χ3n) is 3.00. The van der Waals surface area contributed by atoms with Crippen LogP contribution in [-0.4, -0.2) is 16.3 Å². The Bertz CT molecular complexity index is 547. The van der Waals surface area contributed by atoms with E-state index in [0.29, 0.717) is 11.3 Å². The minimum atomic E-state index is 0.490. The van der Waals surface area contributed by atoms with Crippen molar-refractivity contribution in [1.82, 2.24) is 10.3 Å². The Morgan fingerprint density at radius 3 is 2.48 bits per heavy atom. The van der Waals surface area contributed by atoms with Crippen molar-refractivity contribution in [3.05, 3.63) is 40.2 Å². The molecule has 0 saturated carbocycles. The molecule has 1 aromatic heterocycles. The molecule has 2 rings (SSSR count). The number of hydrogen-bond acceptors (Lipinski definition) is 4. The first-order valence-electron chi connectivity index (χ1n) is 7.45. The van der Waals surface area contributed by atoms with E-state index in [-0.39, 0.29) is 0 Å². The molecule has 0 aliphatic rings. The van der Waals surface area contributed by atoms with E-state index < -0.39 is 0 Å². The number of aromatic nitrogens is 1. The molecule has 0 unspecified atom stereocenters. The summed E-state index contributed by atoms with van der Waals surface area (Å²) in [6, 6.07) is 11.0. The second-order valence-electron chi connectivity index (χ2n) is 5.64. The average Bonchev–Trinajstić information content (AvgIpc) is 2.87. The zero-order valence-corrected chi connectivity index (χ0v) is 14.9. The fourth-order valence-corrected chi connectivity index (χ4v) is 3.76. The van der Waals surface area contributed by atoms with Crippen LogP contribution in [0.4, 0.5) is 0 Å². The normalized spacial score (nSPS) is 11.5. The summed E-state index contributed by atoms with van der Waals surface area (Å²) in [6.45, 7) is 9.72. The first-order chi connectivity index (χ1) is 10.1. The smallest absolute Gasteiger partial charge is 0.103 e. The fourth-order valence-electron chi connectivity index (χ4n) is 1.94. The molecule has 2 nitrogen and oxygen atoms in total. The maximum absolute atomic E-state index is 4.89. The fraction of sp³-hybridized carbons (Fsp3) is 0.471. The van der Waals surface area contributed by atoms with Gasteiger partial charge in [0.1, 0.15) is 5.01 Å². The summed E-state index contributed by atoms with van der Waals surface area (Å²) in [5.41, 5.74) is 2.36. The molecule has 0 aliphatic carbocycles. The molecule has 0 aliphatic heterocycles. The van der Waals surface area contributed by atoms with Crippen LogP contribution in [0.15, 0.2) is 30.3 Å². The summed E-state index contributed by atoms with van der Waals surface area (Å²) in [7, 11) is 0. The molecule has 1 heterocycles. The summed E-state index contributed by atoms with van der Waals surface area (Å²) in [5.74, 6) is 1.00. The Morgan fingerprint density at radius 1 is 1.14 bits per heavy atom. The van der Waals surface area contributed by atoms with Gasteiger partial charge in [-0.2, -0.15) is 11.8 Å². The first-order valence-corrected chi connectivity index (χ1v) is 9.31. The Balaban J connectivity index is 2.23.